The Labute approximate surface area is 150 Å². The highest BCUT2D eigenvalue weighted by atomic mass is 32.1. The molecule has 1 unspecified atom stereocenters. The molecule has 1 spiro atoms. The van der Waals surface area contributed by atoms with Gasteiger partial charge in [-0.3, -0.25) is 4.79 Å². The second kappa shape index (κ2) is 6.55. The van der Waals surface area contributed by atoms with Crippen LogP contribution in [0.5, 0.6) is 0 Å². The molecule has 4 heterocycles. The Kier molecular flexibility index (Phi) is 4.39. The van der Waals surface area contributed by atoms with Gasteiger partial charge in [0.2, 0.25) is 0 Å². The van der Waals surface area contributed by atoms with Crippen molar-refractivity contribution in [2.24, 2.45) is 5.92 Å². The molecule has 2 aliphatic rings. The molecule has 7 heteroatoms. The van der Waals surface area contributed by atoms with Crippen LogP contribution >= 0.6 is 11.3 Å². The summed E-state index contributed by atoms with van der Waals surface area (Å²) in [5.74, 6) is 1.00. The van der Waals surface area contributed by atoms with E-state index in [1.807, 2.05) is 24.1 Å². The van der Waals surface area contributed by atoms with Gasteiger partial charge in [0.05, 0.1) is 48.8 Å². The lowest BCUT2D eigenvalue weighted by atomic mass is 9.81. The maximum absolute atomic E-state index is 12.5. The van der Waals surface area contributed by atoms with Crippen LogP contribution in [0.3, 0.4) is 0 Å². The van der Waals surface area contributed by atoms with Gasteiger partial charge in [0, 0.05) is 17.9 Å². The van der Waals surface area contributed by atoms with Crippen molar-refractivity contribution in [1.82, 2.24) is 9.88 Å². The van der Waals surface area contributed by atoms with Crippen molar-refractivity contribution in [2.45, 2.75) is 32.5 Å². The quantitative estimate of drug-likeness (QED) is 0.818. The van der Waals surface area contributed by atoms with E-state index in [2.05, 4.69) is 4.98 Å². The maximum atomic E-state index is 12.5. The Balaban J connectivity index is 1.31. The Morgan fingerprint density at radius 2 is 2.32 bits per heavy atom. The van der Waals surface area contributed by atoms with Crippen LogP contribution in [0.25, 0.3) is 0 Å². The highest BCUT2D eigenvalue weighted by Gasteiger charge is 2.54. The number of rotatable bonds is 5. The van der Waals surface area contributed by atoms with E-state index < -0.39 is 0 Å². The number of thiazole rings is 1. The van der Waals surface area contributed by atoms with Gasteiger partial charge in [0.25, 0.3) is 5.91 Å². The zero-order valence-corrected chi connectivity index (χ0v) is 15.3. The van der Waals surface area contributed by atoms with E-state index in [1.165, 1.54) is 0 Å². The predicted molar refractivity (Wildman–Crippen MR) is 92.6 cm³/mol. The molecule has 1 atom stereocenters. The van der Waals surface area contributed by atoms with E-state index in [0.717, 1.165) is 23.7 Å². The number of likely N-dealkylation sites (tertiary alicyclic amines) is 1. The van der Waals surface area contributed by atoms with Crippen LogP contribution in [0.2, 0.25) is 0 Å². The SMILES string of the molecule is Cc1nc(COCC2CCOC23CN(C(=O)c2ccoc2C)C3)cs1. The van der Waals surface area contributed by atoms with E-state index in [1.54, 1.807) is 23.7 Å². The van der Waals surface area contributed by atoms with Crippen molar-refractivity contribution >= 4 is 17.2 Å². The highest BCUT2D eigenvalue weighted by Crippen LogP contribution is 2.41. The molecule has 4 rings (SSSR count). The van der Waals surface area contributed by atoms with E-state index in [0.29, 0.717) is 43.5 Å². The fraction of sp³-hybridized carbons (Fsp3) is 0.556. The Morgan fingerprint density at radius 3 is 3.00 bits per heavy atom. The van der Waals surface area contributed by atoms with Crippen LogP contribution < -0.4 is 0 Å². The molecule has 0 N–H and O–H groups in total. The highest BCUT2D eigenvalue weighted by molar-refractivity contribution is 7.09. The van der Waals surface area contributed by atoms with Crippen LogP contribution in [0.1, 0.15) is 33.2 Å². The molecule has 25 heavy (non-hydrogen) atoms. The minimum absolute atomic E-state index is 0.0185. The van der Waals surface area contributed by atoms with Crippen molar-refractivity contribution in [3.8, 4) is 0 Å². The lowest BCUT2D eigenvalue weighted by Crippen LogP contribution is -2.66. The molecule has 2 saturated heterocycles. The lowest BCUT2D eigenvalue weighted by molar-refractivity contribution is -0.129. The normalized spacial score (nSPS) is 21.7. The summed E-state index contributed by atoms with van der Waals surface area (Å²) in [5, 5.41) is 3.09. The Bertz CT molecular complexity index is 763. The number of furan rings is 1. The van der Waals surface area contributed by atoms with Crippen molar-refractivity contribution in [3.05, 3.63) is 39.7 Å². The van der Waals surface area contributed by atoms with E-state index in [-0.39, 0.29) is 11.5 Å². The van der Waals surface area contributed by atoms with Gasteiger partial charge in [0.15, 0.2) is 0 Å². The van der Waals surface area contributed by atoms with Gasteiger partial charge in [-0.05, 0) is 26.3 Å². The molecule has 2 fully saturated rings. The fourth-order valence-electron chi connectivity index (χ4n) is 3.67. The smallest absolute Gasteiger partial charge is 0.257 e. The molecule has 1 amide bonds. The van der Waals surface area contributed by atoms with Crippen LogP contribution in [0.15, 0.2) is 22.1 Å². The number of ether oxygens (including phenoxy) is 2. The number of amides is 1. The maximum Gasteiger partial charge on any atom is 0.257 e. The van der Waals surface area contributed by atoms with Gasteiger partial charge in [-0.15, -0.1) is 11.3 Å². The predicted octanol–water partition coefficient (Wildman–Crippen LogP) is 2.80. The summed E-state index contributed by atoms with van der Waals surface area (Å²) >= 11 is 1.64. The van der Waals surface area contributed by atoms with Gasteiger partial charge in [-0.25, -0.2) is 4.98 Å². The van der Waals surface area contributed by atoms with Crippen molar-refractivity contribution in [1.29, 1.82) is 0 Å². The number of aromatic nitrogens is 1. The van der Waals surface area contributed by atoms with Gasteiger partial charge in [-0.1, -0.05) is 0 Å². The van der Waals surface area contributed by atoms with Crippen LogP contribution in [0, 0.1) is 19.8 Å². The number of carbonyl (C=O) groups is 1. The van der Waals surface area contributed by atoms with Crippen molar-refractivity contribution < 1.29 is 18.7 Å². The molecule has 0 aromatic carbocycles. The molecule has 2 aromatic rings. The monoisotopic (exact) mass is 362 g/mol. The molecule has 6 nitrogen and oxygen atoms in total. The third kappa shape index (κ3) is 3.12. The summed E-state index contributed by atoms with van der Waals surface area (Å²) < 4.78 is 17.1. The molecule has 0 aliphatic carbocycles. The third-order valence-corrected chi connectivity index (χ3v) is 5.95. The van der Waals surface area contributed by atoms with Gasteiger partial charge >= 0.3 is 0 Å². The number of hydrogen-bond donors (Lipinski definition) is 0. The minimum Gasteiger partial charge on any atom is -0.469 e. The van der Waals surface area contributed by atoms with Crippen molar-refractivity contribution in [2.75, 3.05) is 26.3 Å². The first-order valence-corrected chi connectivity index (χ1v) is 9.41. The van der Waals surface area contributed by atoms with Crippen LogP contribution in [0.4, 0.5) is 0 Å². The van der Waals surface area contributed by atoms with Gasteiger partial charge in [0.1, 0.15) is 11.4 Å². The fourth-order valence-corrected chi connectivity index (χ4v) is 4.27. The topological polar surface area (TPSA) is 64.8 Å². The summed E-state index contributed by atoms with van der Waals surface area (Å²) in [6.45, 7) is 6.97. The number of hydrogen-bond acceptors (Lipinski definition) is 6. The Morgan fingerprint density at radius 1 is 1.48 bits per heavy atom. The number of aryl methyl sites for hydroxylation is 2. The third-order valence-electron chi connectivity index (χ3n) is 5.13. The minimum atomic E-state index is -0.245. The molecule has 134 valence electrons. The summed E-state index contributed by atoms with van der Waals surface area (Å²) in [4.78, 5) is 18.8. The second-order valence-corrected chi connectivity index (χ2v) is 7.89. The van der Waals surface area contributed by atoms with Gasteiger partial charge in [-0.2, -0.15) is 0 Å². The number of carbonyl (C=O) groups excluding carboxylic acids is 1. The lowest BCUT2D eigenvalue weighted by Gasteiger charge is -2.50. The zero-order chi connectivity index (χ0) is 17.4. The first-order valence-electron chi connectivity index (χ1n) is 8.53. The summed E-state index contributed by atoms with van der Waals surface area (Å²) in [5.41, 5.74) is 1.38. The average molecular weight is 362 g/mol. The van der Waals surface area contributed by atoms with E-state index in [4.69, 9.17) is 13.9 Å². The molecular weight excluding hydrogens is 340 g/mol. The summed E-state index contributed by atoms with van der Waals surface area (Å²) in [6, 6.07) is 1.73. The largest absolute Gasteiger partial charge is 0.469 e. The van der Waals surface area contributed by atoms with Crippen LogP contribution in [-0.4, -0.2) is 47.7 Å². The number of nitrogens with zero attached hydrogens (tertiary/aromatic N) is 2. The van der Waals surface area contributed by atoms with E-state index in [9.17, 15) is 4.79 Å². The molecule has 2 aliphatic heterocycles. The van der Waals surface area contributed by atoms with E-state index >= 15 is 0 Å². The van der Waals surface area contributed by atoms with Crippen LogP contribution in [-0.2, 0) is 16.1 Å². The molecule has 0 bridgehead atoms. The van der Waals surface area contributed by atoms with Gasteiger partial charge < -0.3 is 18.8 Å². The molecule has 0 saturated carbocycles. The standard InChI is InChI=1S/C18H22N2O4S/c1-12-16(4-5-23-12)17(21)20-10-18(11-20)14(3-6-24-18)7-22-8-15-9-25-13(2)19-15/h4-5,9,14H,3,6-8,10-11H2,1-2H3. The first-order chi connectivity index (χ1) is 12.1. The molecule has 0 radical (unpaired) electrons. The summed E-state index contributed by atoms with van der Waals surface area (Å²) in [7, 11) is 0. The molecule has 2 aromatic heterocycles. The Hall–Kier alpha value is -1.70. The first kappa shape index (κ1) is 16.8. The zero-order valence-electron chi connectivity index (χ0n) is 14.5. The second-order valence-electron chi connectivity index (χ2n) is 6.82. The average Bonchev–Trinajstić information content (AvgIpc) is 3.25. The van der Waals surface area contributed by atoms with Crippen molar-refractivity contribution in [3.63, 3.8) is 0 Å². The summed E-state index contributed by atoms with van der Waals surface area (Å²) in [6.07, 6.45) is 2.53. The molecular formula is C18H22N2O4S.